The van der Waals surface area contributed by atoms with Crippen LogP contribution < -0.4 is 4.74 Å². The molecule has 0 aliphatic heterocycles. The Kier molecular flexibility index (Phi) is 4.42. The van der Waals surface area contributed by atoms with Crippen molar-refractivity contribution in [2.45, 2.75) is 20.0 Å². The van der Waals surface area contributed by atoms with E-state index in [4.69, 9.17) is 10.3 Å². The van der Waals surface area contributed by atoms with Gasteiger partial charge in [0, 0.05) is 0 Å². The third-order valence-corrected chi connectivity index (χ3v) is 2.08. The molecule has 0 N–H and O–H groups in total. The van der Waals surface area contributed by atoms with Crippen molar-refractivity contribution in [2.75, 3.05) is 0 Å². The summed E-state index contributed by atoms with van der Waals surface area (Å²) < 4.78 is 5.54. The molecule has 0 amide bonds. The summed E-state index contributed by atoms with van der Waals surface area (Å²) in [7, 11) is 0. The Morgan fingerprint density at radius 2 is 2.00 bits per heavy atom. The highest BCUT2D eigenvalue weighted by molar-refractivity contribution is 6.27. The molecule has 1 unspecified atom stereocenters. The monoisotopic (exact) mass is 218 g/mol. The summed E-state index contributed by atoms with van der Waals surface area (Å²) in [5, 5.41) is 0. The average molecular weight is 218 g/mol. The van der Waals surface area contributed by atoms with E-state index in [1.807, 2.05) is 32.0 Å². The van der Waals surface area contributed by atoms with Gasteiger partial charge in [0.1, 0.15) is 5.75 Å². The van der Waals surface area contributed by atoms with E-state index in [2.05, 4.69) is 4.79 Å². The van der Waals surface area contributed by atoms with E-state index in [-0.39, 0.29) is 11.7 Å². The molecular formula is C12H14N2O2. The second kappa shape index (κ2) is 5.83. The Morgan fingerprint density at radius 3 is 2.50 bits per heavy atom. The molecular weight excluding hydrogens is 204 g/mol. The van der Waals surface area contributed by atoms with Crippen molar-refractivity contribution in [2.24, 2.45) is 5.92 Å². The van der Waals surface area contributed by atoms with Crippen LogP contribution in [0.3, 0.4) is 0 Å². The smallest absolute Gasteiger partial charge is 0.327 e. The minimum atomic E-state index is -0.627. The van der Waals surface area contributed by atoms with Crippen molar-refractivity contribution < 1.29 is 14.3 Å². The standard InChI is InChI=1S/C12H14N2O2/c1-9(2)12(11(15)8-14-13)16-10-6-4-3-5-7-10/h3-9,12H,1-2H3. The minimum absolute atomic E-state index is 0.00528. The lowest BCUT2D eigenvalue weighted by Gasteiger charge is -2.18. The molecule has 0 fully saturated rings. The lowest BCUT2D eigenvalue weighted by molar-refractivity contribution is -0.124. The molecule has 1 aromatic carbocycles. The highest BCUT2D eigenvalue weighted by Gasteiger charge is 2.25. The Labute approximate surface area is 94.5 Å². The normalized spacial score (nSPS) is 11.7. The van der Waals surface area contributed by atoms with Crippen LogP contribution in [0.2, 0.25) is 0 Å². The van der Waals surface area contributed by atoms with Crippen LogP contribution in [0.5, 0.6) is 5.75 Å². The van der Waals surface area contributed by atoms with Gasteiger partial charge in [0.2, 0.25) is 0 Å². The van der Waals surface area contributed by atoms with E-state index in [1.165, 1.54) is 0 Å². The summed E-state index contributed by atoms with van der Waals surface area (Å²) in [4.78, 5) is 14.3. The Bertz CT molecular complexity index is 395. The number of hydrogen-bond donors (Lipinski definition) is 0. The Morgan fingerprint density at radius 1 is 1.38 bits per heavy atom. The summed E-state index contributed by atoms with van der Waals surface area (Å²) in [6, 6.07) is 9.08. The fourth-order valence-corrected chi connectivity index (χ4v) is 1.30. The summed E-state index contributed by atoms with van der Waals surface area (Å²) in [5.74, 6) is 0.285. The van der Waals surface area contributed by atoms with E-state index in [0.717, 1.165) is 6.21 Å². The zero-order chi connectivity index (χ0) is 12.0. The first-order chi connectivity index (χ1) is 7.65. The van der Waals surface area contributed by atoms with Crippen LogP contribution >= 0.6 is 0 Å². The number of rotatable bonds is 5. The van der Waals surface area contributed by atoms with Gasteiger partial charge in [-0.2, -0.15) is 4.79 Å². The molecule has 1 rings (SSSR count). The summed E-state index contributed by atoms with van der Waals surface area (Å²) in [5.41, 5.74) is 8.33. The second-order valence-corrected chi connectivity index (χ2v) is 3.74. The van der Waals surface area contributed by atoms with Crippen LogP contribution in [0, 0.1) is 5.92 Å². The zero-order valence-electron chi connectivity index (χ0n) is 9.33. The first-order valence-electron chi connectivity index (χ1n) is 5.08. The molecule has 0 saturated carbocycles. The first-order valence-corrected chi connectivity index (χ1v) is 5.08. The predicted molar refractivity (Wildman–Crippen MR) is 60.4 cm³/mol. The lowest BCUT2D eigenvalue weighted by Crippen LogP contribution is -2.33. The van der Waals surface area contributed by atoms with E-state index in [1.54, 1.807) is 12.1 Å². The van der Waals surface area contributed by atoms with E-state index >= 15 is 0 Å². The molecule has 0 spiro atoms. The van der Waals surface area contributed by atoms with Crippen LogP contribution in [0.25, 0.3) is 5.53 Å². The average Bonchev–Trinajstić information content (AvgIpc) is 2.27. The number of carbonyl (C=O) groups is 1. The third kappa shape index (κ3) is 3.33. The highest BCUT2D eigenvalue weighted by Crippen LogP contribution is 2.15. The summed E-state index contributed by atoms with van der Waals surface area (Å²) in [6.07, 6.45) is 0.242. The molecule has 16 heavy (non-hydrogen) atoms. The largest absolute Gasteiger partial charge is 0.482 e. The molecule has 0 heterocycles. The van der Waals surface area contributed by atoms with Crippen molar-refractivity contribution in [1.29, 1.82) is 0 Å². The van der Waals surface area contributed by atoms with Gasteiger partial charge in [-0.15, -0.1) is 0 Å². The van der Waals surface area contributed by atoms with E-state index < -0.39 is 6.10 Å². The van der Waals surface area contributed by atoms with E-state index in [9.17, 15) is 4.79 Å². The Balaban J connectivity index is 2.80. The van der Waals surface area contributed by atoms with Crippen molar-refractivity contribution in [1.82, 2.24) is 0 Å². The van der Waals surface area contributed by atoms with Gasteiger partial charge in [-0.05, 0) is 18.1 Å². The summed E-state index contributed by atoms with van der Waals surface area (Å²) >= 11 is 0. The molecule has 0 bridgehead atoms. The number of ketones is 1. The summed E-state index contributed by atoms with van der Waals surface area (Å²) in [6.45, 7) is 3.74. The number of Topliss-reactive ketones (excluding diaryl/α,β-unsaturated/α-hetero) is 1. The fraction of sp³-hybridized carbons (Fsp3) is 0.333. The molecule has 0 radical (unpaired) electrons. The number of carbonyl (C=O) groups excluding carboxylic acids is 1. The van der Waals surface area contributed by atoms with Crippen molar-refractivity contribution in [3.05, 3.63) is 35.9 Å². The van der Waals surface area contributed by atoms with Gasteiger partial charge >= 0.3 is 6.21 Å². The maximum Gasteiger partial charge on any atom is 0.327 e. The number of para-hydroxylation sites is 1. The van der Waals surface area contributed by atoms with Gasteiger partial charge in [-0.25, -0.2) is 0 Å². The number of ether oxygens (including phenoxy) is 1. The van der Waals surface area contributed by atoms with Crippen molar-refractivity contribution in [3.8, 4) is 5.75 Å². The highest BCUT2D eigenvalue weighted by atomic mass is 16.5. The molecule has 84 valence electrons. The van der Waals surface area contributed by atoms with Crippen LogP contribution in [-0.4, -0.2) is 22.9 Å². The molecule has 0 aliphatic carbocycles. The number of nitrogens with zero attached hydrogens (tertiary/aromatic N) is 2. The maximum atomic E-state index is 11.6. The molecule has 4 nitrogen and oxygen atoms in total. The topological polar surface area (TPSA) is 62.7 Å². The molecule has 1 aromatic rings. The van der Waals surface area contributed by atoms with Gasteiger partial charge in [-0.3, -0.25) is 4.79 Å². The van der Waals surface area contributed by atoms with Crippen LogP contribution in [-0.2, 0) is 4.79 Å². The quantitative estimate of drug-likeness (QED) is 0.431. The zero-order valence-corrected chi connectivity index (χ0v) is 9.33. The van der Waals surface area contributed by atoms with Gasteiger partial charge in [-0.1, -0.05) is 32.0 Å². The van der Waals surface area contributed by atoms with Gasteiger partial charge in [0.15, 0.2) is 6.10 Å². The van der Waals surface area contributed by atoms with Crippen LogP contribution in [0.15, 0.2) is 30.3 Å². The molecule has 0 aliphatic rings. The minimum Gasteiger partial charge on any atom is -0.482 e. The molecule has 0 saturated heterocycles. The molecule has 0 aromatic heterocycles. The molecule has 4 heteroatoms. The lowest BCUT2D eigenvalue weighted by atomic mass is 10.0. The van der Waals surface area contributed by atoms with Crippen LogP contribution in [0.4, 0.5) is 0 Å². The van der Waals surface area contributed by atoms with Crippen molar-refractivity contribution in [3.63, 3.8) is 0 Å². The maximum absolute atomic E-state index is 11.6. The van der Waals surface area contributed by atoms with Gasteiger partial charge < -0.3 is 10.3 Å². The SMILES string of the molecule is CC(C)C(Oc1ccccc1)C(=O)C=[N+]=[N-]. The van der Waals surface area contributed by atoms with Gasteiger partial charge in [0.25, 0.3) is 5.78 Å². The fourth-order valence-electron chi connectivity index (χ4n) is 1.30. The molecule has 1 atom stereocenters. The van der Waals surface area contributed by atoms with Crippen molar-refractivity contribution >= 4 is 12.0 Å². The second-order valence-electron chi connectivity index (χ2n) is 3.74. The first kappa shape index (κ1) is 12.1. The predicted octanol–water partition coefficient (Wildman–Crippen LogP) is 1.96. The third-order valence-electron chi connectivity index (χ3n) is 2.08. The van der Waals surface area contributed by atoms with E-state index in [0.29, 0.717) is 5.75 Å². The Hall–Kier alpha value is -1.93. The number of hydrogen-bond acceptors (Lipinski definition) is 2. The van der Waals surface area contributed by atoms with Gasteiger partial charge in [0.05, 0.1) is 0 Å². The van der Waals surface area contributed by atoms with Crippen LogP contribution in [0.1, 0.15) is 13.8 Å². The number of benzene rings is 1.